The maximum absolute atomic E-state index is 12.4. The highest BCUT2D eigenvalue weighted by Gasteiger charge is 2.32. The molecule has 8 N–H and O–H groups in total. The van der Waals surface area contributed by atoms with Crippen molar-refractivity contribution >= 4 is 81.2 Å². The monoisotopic (exact) mass is 1900 g/mol. The highest BCUT2D eigenvalue weighted by Crippen LogP contribution is 2.28. The Kier molecular flexibility index (Phi) is 47.7. The van der Waals surface area contributed by atoms with E-state index in [0.717, 1.165) is 260 Å². The first kappa shape index (κ1) is 108. The molecule has 0 unspecified atom stereocenters. The van der Waals surface area contributed by atoms with Gasteiger partial charge in [-0.25, -0.2) is 0 Å². The van der Waals surface area contributed by atoms with Crippen LogP contribution in [0.15, 0.2) is 257 Å². The number of aromatic nitrogens is 7. The molecule has 3 aromatic carbocycles. The third-order valence-corrected chi connectivity index (χ3v) is 26.9. The maximum atomic E-state index is 12.4. The van der Waals surface area contributed by atoms with Gasteiger partial charge >= 0.3 is 0 Å². The number of rotatable bonds is 29. The second-order valence-electron chi connectivity index (χ2n) is 37.4. The number of benzene rings is 3. The van der Waals surface area contributed by atoms with Crippen LogP contribution in [0.3, 0.4) is 0 Å². The van der Waals surface area contributed by atoms with Gasteiger partial charge in [-0.3, -0.25) is 73.3 Å². The van der Waals surface area contributed by atoms with Crippen molar-refractivity contribution in [2.75, 3.05) is 163 Å². The fraction of sp³-hybridized carbons (Fsp3) is 0.459. The van der Waals surface area contributed by atoms with E-state index in [-0.39, 0.29) is 82.8 Å². The highest BCUT2D eigenvalue weighted by molar-refractivity contribution is 5.96. The SMILES string of the molecule is CC(C)N1CCC(C(=O)Nc2ccncc2)CC1.CCCCCCN1CCC(C(=O)Nc2ccncc2)CC1.CN1CCC(C(=O)Nc2ccncc2)CC1.COc1ccc(CCN2CCC(C(=O)Nc3ccncc3)CC2)cc1.O=C(Nc1cccnc1)C1CCNCC1.O=C(Nc1ccncc1)C1CCN(CCc2ccccc2)CC1.O=C(Nc1ccncc1)C1CCN(Cc2ccccc2)CC1. The number of amides is 7. The average Bonchev–Trinajstić information content (AvgIpc) is 0.858. The Morgan fingerprint density at radius 3 is 0.936 bits per heavy atom. The van der Waals surface area contributed by atoms with Crippen LogP contribution in [0.5, 0.6) is 5.75 Å². The number of piperidine rings is 7. The minimum absolute atomic E-state index is 0.102. The minimum atomic E-state index is 0.102. The van der Waals surface area contributed by atoms with E-state index < -0.39 is 0 Å². The first-order valence-electron chi connectivity index (χ1n) is 50.6. The summed E-state index contributed by atoms with van der Waals surface area (Å²) < 4.78 is 5.19. The summed E-state index contributed by atoms with van der Waals surface area (Å²) in [6.07, 6.45) is 44.2. The Labute approximate surface area is 829 Å². The largest absolute Gasteiger partial charge is 0.497 e. The molecule has 7 aromatic heterocycles. The molecule has 0 bridgehead atoms. The molecule has 0 spiro atoms. The molecule has 0 saturated carbocycles. The fourth-order valence-corrected chi connectivity index (χ4v) is 18.0. The molecule has 0 atom stereocenters. The minimum Gasteiger partial charge on any atom is -0.497 e. The number of anilines is 7. The van der Waals surface area contributed by atoms with Crippen molar-refractivity contribution in [2.24, 2.45) is 41.4 Å². The number of methoxy groups -OCH3 is 1. The molecule has 7 amide bonds. The molecule has 29 nitrogen and oxygen atoms in total. The zero-order valence-corrected chi connectivity index (χ0v) is 82.8. The summed E-state index contributed by atoms with van der Waals surface area (Å²) in [7, 11) is 3.78. The average molecular weight is 1910 g/mol. The molecule has 7 aliphatic rings. The normalized spacial score (nSPS) is 16.8. The smallest absolute Gasteiger partial charge is 0.227 e. The van der Waals surface area contributed by atoms with E-state index in [2.05, 4.69) is 201 Å². The molecule has 7 aliphatic heterocycles. The lowest BCUT2D eigenvalue weighted by Gasteiger charge is -2.33. The number of likely N-dealkylation sites (tertiary alicyclic amines) is 6. The molecular weight excluding hydrogens is 1760 g/mol. The van der Waals surface area contributed by atoms with Crippen LogP contribution < -0.4 is 47.3 Å². The predicted octanol–water partition coefficient (Wildman–Crippen LogP) is 16.7. The number of carbonyl (C=O) groups is 7. The summed E-state index contributed by atoms with van der Waals surface area (Å²) in [6, 6.07) is 55.4. The standard InChI is InChI=1S/C20H25N3O2.C19H23N3O.C18H21N3O.C17H27N3O.C14H21N3O.C12H17N3O.C11H15N3O/c1-25-19-4-2-16(3-5-19)8-13-23-14-9-17(10-15-23)20(24)22-18-6-11-21-12-7-18;23-19(21-18-6-11-20-12-7-18)17-9-14-22(15-10-17)13-8-16-4-2-1-3-5-16;22-18(20-17-6-10-19-11-7-17)16-8-12-21(13-9-16)14-15-4-2-1-3-5-15;1-2-3-4-5-12-20-13-8-15(9-14-20)17(21)19-16-6-10-18-11-7-16;1-11(2)17-9-5-12(6-10-17)14(18)16-13-3-7-15-8-4-13;1-15-8-4-10(5-9-15)12(16)14-11-2-6-13-7-3-11;15-11(9-3-6-12-7-4-9)14-10-2-1-5-13-8-10/h2-7,11-12,17H,8-10,13-15H2,1H3,(H,21,22,24);1-7,11-12,17H,8-10,13-15H2,(H,20,21,23);1-7,10-11,16H,8-9,12-14H2,(H,19,20,22);6-7,10-11,15H,2-5,8-9,12-14H2,1H3,(H,18,19,21);3-4,7-8,11-12H,5-6,9-10H2,1-2H3,(H,15,16,18);2-3,6-7,10H,4-5,8-9H2,1H3,(H,13,14,16);1-2,5,8-9,12H,3-4,6-7H2,(H,14,15). The van der Waals surface area contributed by atoms with Crippen molar-refractivity contribution < 1.29 is 38.3 Å². The van der Waals surface area contributed by atoms with Gasteiger partial charge in [0.1, 0.15) is 5.75 Å². The first-order valence-corrected chi connectivity index (χ1v) is 50.6. The Bertz CT molecular complexity index is 5110. The van der Waals surface area contributed by atoms with E-state index >= 15 is 0 Å². The van der Waals surface area contributed by atoms with Crippen LogP contribution in [-0.2, 0) is 52.9 Å². The number of hydrogen-bond acceptors (Lipinski definition) is 22. The second kappa shape index (κ2) is 61.9. The quantitative estimate of drug-likeness (QED) is 0.0202. The fourth-order valence-electron chi connectivity index (χ4n) is 18.0. The number of unbranched alkanes of at least 4 members (excludes halogenated alkanes) is 3. The molecule has 746 valence electrons. The Balaban J connectivity index is 0.000000157. The van der Waals surface area contributed by atoms with Gasteiger partial charge in [0, 0.05) is 182 Å². The summed E-state index contributed by atoms with van der Waals surface area (Å²) >= 11 is 0. The van der Waals surface area contributed by atoms with Crippen LogP contribution in [0.1, 0.15) is 153 Å². The Hall–Kier alpha value is -12.5. The van der Waals surface area contributed by atoms with Gasteiger partial charge in [-0.15, -0.1) is 0 Å². The third kappa shape index (κ3) is 40.4. The van der Waals surface area contributed by atoms with Crippen LogP contribution in [0, 0.1) is 41.4 Å². The number of nitrogens with one attached hydrogen (secondary N) is 8. The van der Waals surface area contributed by atoms with E-state index in [1.165, 1.54) is 48.9 Å². The van der Waals surface area contributed by atoms with Gasteiger partial charge in [0.2, 0.25) is 41.4 Å². The van der Waals surface area contributed by atoms with Crippen molar-refractivity contribution in [2.45, 2.75) is 162 Å². The van der Waals surface area contributed by atoms with Crippen molar-refractivity contribution in [3.63, 3.8) is 0 Å². The van der Waals surface area contributed by atoms with Gasteiger partial charge in [0.15, 0.2) is 0 Å². The zero-order chi connectivity index (χ0) is 98.4. The van der Waals surface area contributed by atoms with Crippen LogP contribution in [0.2, 0.25) is 0 Å². The maximum Gasteiger partial charge on any atom is 0.227 e. The summed E-state index contributed by atoms with van der Waals surface area (Å²) in [5.74, 6) is 2.78. The molecule has 10 aromatic rings. The number of nitrogens with zero attached hydrogens (tertiary/aromatic N) is 13. The van der Waals surface area contributed by atoms with Gasteiger partial charge in [0.05, 0.1) is 19.0 Å². The van der Waals surface area contributed by atoms with Crippen LogP contribution >= 0.6 is 0 Å². The summed E-state index contributed by atoms with van der Waals surface area (Å²) in [5.41, 5.74) is 9.80. The van der Waals surface area contributed by atoms with Gasteiger partial charge in [0.25, 0.3) is 0 Å². The molecule has 0 radical (unpaired) electrons. The van der Waals surface area contributed by atoms with Crippen molar-refractivity contribution in [1.82, 2.24) is 69.6 Å². The van der Waals surface area contributed by atoms with E-state index in [0.29, 0.717) is 6.04 Å². The molecule has 14 heterocycles. The number of hydrogen-bond donors (Lipinski definition) is 8. The lowest BCUT2D eigenvalue weighted by molar-refractivity contribution is -0.122. The van der Waals surface area contributed by atoms with Gasteiger partial charge in [-0.2, -0.15) is 0 Å². The molecule has 29 heteroatoms. The lowest BCUT2D eigenvalue weighted by Crippen LogP contribution is -2.41. The van der Waals surface area contributed by atoms with Crippen molar-refractivity contribution in [1.29, 1.82) is 0 Å². The van der Waals surface area contributed by atoms with E-state index in [1.54, 1.807) is 93.9 Å². The van der Waals surface area contributed by atoms with E-state index in [4.69, 9.17) is 4.74 Å². The number of pyridine rings is 7. The van der Waals surface area contributed by atoms with Gasteiger partial charge in [-0.05, 0) is 342 Å². The van der Waals surface area contributed by atoms with E-state index in [9.17, 15) is 33.6 Å². The summed E-state index contributed by atoms with van der Waals surface area (Å²) in [6.45, 7) is 24.9. The predicted molar refractivity (Wildman–Crippen MR) is 558 cm³/mol. The van der Waals surface area contributed by atoms with Crippen LogP contribution in [0.25, 0.3) is 0 Å². The lowest BCUT2D eigenvalue weighted by atomic mass is 9.95. The van der Waals surface area contributed by atoms with Crippen LogP contribution in [-0.4, -0.2) is 237 Å². The molecule has 17 rings (SSSR count). The topological polar surface area (TPSA) is 335 Å². The molecule has 7 fully saturated rings. The second-order valence-corrected chi connectivity index (χ2v) is 37.4. The number of ether oxygens (including phenoxy) is 1. The third-order valence-electron chi connectivity index (χ3n) is 26.9. The molecule has 0 aliphatic carbocycles. The number of carbonyl (C=O) groups excluding carboxylic acids is 7. The summed E-state index contributed by atoms with van der Waals surface area (Å²) in [5, 5.41) is 24.0. The molecule has 7 saturated heterocycles. The first-order chi connectivity index (χ1) is 68.4. The summed E-state index contributed by atoms with van der Waals surface area (Å²) in [4.78, 5) is 127. The highest BCUT2D eigenvalue weighted by atomic mass is 16.5. The van der Waals surface area contributed by atoms with Gasteiger partial charge in [-0.1, -0.05) is 99.0 Å². The Morgan fingerprint density at radius 2 is 0.614 bits per heavy atom. The van der Waals surface area contributed by atoms with Crippen molar-refractivity contribution in [3.8, 4) is 5.75 Å². The molecule has 140 heavy (non-hydrogen) atoms. The zero-order valence-electron chi connectivity index (χ0n) is 82.8. The van der Waals surface area contributed by atoms with Crippen molar-refractivity contribution in [3.05, 3.63) is 273 Å². The van der Waals surface area contributed by atoms with Crippen LogP contribution in [0.4, 0.5) is 39.8 Å². The molecular formula is C111H149N21O8. The van der Waals surface area contributed by atoms with Gasteiger partial charge < -0.3 is 71.8 Å². The van der Waals surface area contributed by atoms with E-state index in [1.807, 2.05) is 103 Å². The Morgan fingerprint density at radius 1 is 0.314 bits per heavy atom.